The van der Waals surface area contributed by atoms with E-state index in [2.05, 4.69) is 0 Å². The average Bonchev–Trinajstić information content (AvgIpc) is 2.91. The van der Waals surface area contributed by atoms with Crippen LogP contribution in [0.3, 0.4) is 0 Å². The zero-order chi connectivity index (χ0) is 17.3. The maximum atomic E-state index is 12.8. The first-order valence-electron chi connectivity index (χ1n) is 7.44. The summed E-state index contributed by atoms with van der Waals surface area (Å²) in [5.74, 6) is -1.91. The monoisotopic (exact) mass is 338 g/mol. The van der Waals surface area contributed by atoms with Gasteiger partial charge >= 0.3 is 18.2 Å². The summed E-state index contributed by atoms with van der Waals surface area (Å²) >= 11 is 0. The number of nitrogens with zero attached hydrogens (tertiary/aromatic N) is 2. The van der Waals surface area contributed by atoms with Crippen LogP contribution < -0.4 is 0 Å². The molecule has 0 unspecified atom stereocenters. The molecule has 2 aromatic rings. The van der Waals surface area contributed by atoms with E-state index in [1.54, 1.807) is 25.1 Å². The molecule has 0 spiro atoms. The van der Waals surface area contributed by atoms with Crippen LogP contribution in [0.25, 0.3) is 10.9 Å². The summed E-state index contributed by atoms with van der Waals surface area (Å²) in [6, 6.07) is 7.19. The standard InChI is InChI=1S/C16H13F3N2O3/c1-15-8-20(13(22)16(17,18)19)7-6-10-9-4-2-3-5-11(9)21(12(10)15)14(23)24-15/h2-5H,6-8H2,1H3/t15-/m0/s1. The number of benzene rings is 1. The molecule has 0 aliphatic carbocycles. The van der Waals surface area contributed by atoms with E-state index in [9.17, 15) is 22.8 Å². The Morgan fingerprint density at radius 3 is 2.71 bits per heavy atom. The lowest BCUT2D eigenvalue weighted by Crippen LogP contribution is -2.47. The van der Waals surface area contributed by atoms with Crippen LogP contribution in [0.15, 0.2) is 24.3 Å². The minimum Gasteiger partial charge on any atom is -0.434 e. The van der Waals surface area contributed by atoms with Gasteiger partial charge in [0.15, 0.2) is 5.60 Å². The molecule has 126 valence electrons. The Hall–Kier alpha value is -2.51. The van der Waals surface area contributed by atoms with Crippen molar-refractivity contribution in [1.82, 2.24) is 9.47 Å². The number of carbonyl (C=O) groups is 2. The van der Waals surface area contributed by atoms with Crippen molar-refractivity contribution in [3.8, 4) is 0 Å². The number of amides is 1. The van der Waals surface area contributed by atoms with Gasteiger partial charge in [-0.3, -0.25) is 4.79 Å². The molecule has 4 rings (SSSR count). The second-order valence-electron chi connectivity index (χ2n) is 6.25. The summed E-state index contributed by atoms with van der Waals surface area (Å²) in [4.78, 5) is 24.7. The number of alkyl halides is 3. The Morgan fingerprint density at radius 1 is 1.29 bits per heavy atom. The van der Waals surface area contributed by atoms with Gasteiger partial charge in [-0.25, -0.2) is 9.36 Å². The summed E-state index contributed by atoms with van der Waals surface area (Å²) in [6.45, 7) is 1.15. The van der Waals surface area contributed by atoms with E-state index in [0.717, 1.165) is 15.8 Å². The summed E-state index contributed by atoms with van der Waals surface area (Å²) < 4.78 is 45.2. The highest BCUT2D eigenvalue weighted by molar-refractivity contribution is 5.96. The number of hydrogen-bond donors (Lipinski definition) is 0. The van der Waals surface area contributed by atoms with E-state index in [-0.39, 0.29) is 19.5 Å². The van der Waals surface area contributed by atoms with Crippen molar-refractivity contribution in [3.63, 3.8) is 0 Å². The first-order valence-corrected chi connectivity index (χ1v) is 7.44. The van der Waals surface area contributed by atoms with Gasteiger partial charge in [-0.05, 0) is 25.0 Å². The molecule has 0 N–H and O–H groups in total. The van der Waals surface area contributed by atoms with Gasteiger partial charge in [0.1, 0.15) is 0 Å². The number of halogens is 3. The Morgan fingerprint density at radius 2 is 2.00 bits per heavy atom. The van der Waals surface area contributed by atoms with Crippen LogP contribution in [0, 0.1) is 0 Å². The Balaban J connectivity index is 1.88. The summed E-state index contributed by atoms with van der Waals surface area (Å²) in [7, 11) is 0. The molecule has 24 heavy (non-hydrogen) atoms. The third-order valence-electron chi connectivity index (χ3n) is 4.63. The second kappa shape index (κ2) is 4.52. The van der Waals surface area contributed by atoms with E-state index in [1.807, 2.05) is 6.07 Å². The minimum atomic E-state index is -4.95. The normalized spacial score (nSPS) is 23.2. The van der Waals surface area contributed by atoms with E-state index < -0.39 is 23.8 Å². The zero-order valence-corrected chi connectivity index (χ0v) is 12.7. The third kappa shape index (κ3) is 1.88. The van der Waals surface area contributed by atoms with Crippen molar-refractivity contribution in [3.05, 3.63) is 35.5 Å². The van der Waals surface area contributed by atoms with Crippen LogP contribution in [0.5, 0.6) is 0 Å². The lowest BCUT2D eigenvalue weighted by molar-refractivity contribution is -0.187. The molecule has 8 heteroatoms. The predicted molar refractivity (Wildman–Crippen MR) is 77.5 cm³/mol. The zero-order valence-electron chi connectivity index (χ0n) is 12.7. The summed E-state index contributed by atoms with van der Waals surface area (Å²) in [5, 5.41) is 0.802. The number of para-hydroxylation sites is 1. The molecule has 0 saturated carbocycles. The highest BCUT2D eigenvalue weighted by atomic mass is 19.4. The Labute approximate surface area is 134 Å². The number of carbonyl (C=O) groups excluding carboxylic acids is 2. The average molecular weight is 338 g/mol. The fraction of sp³-hybridized carbons (Fsp3) is 0.375. The van der Waals surface area contributed by atoms with Gasteiger partial charge < -0.3 is 9.64 Å². The highest BCUT2D eigenvalue weighted by Gasteiger charge is 2.52. The molecular formula is C16H13F3N2O3. The van der Waals surface area contributed by atoms with Crippen molar-refractivity contribution in [2.24, 2.45) is 0 Å². The van der Waals surface area contributed by atoms with E-state index >= 15 is 0 Å². The molecule has 1 aromatic heterocycles. The van der Waals surface area contributed by atoms with E-state index in [0.29, 0.717) is 11.2 Å². The van der Waals surface area contributed by atoms with Crippen molar-refractivity contribution >= 4 is 22.9 Å². The largest absolute Gasteiger partial charge is 0.471 e. The van der Waals surface area contributed by atoms with E-state index in [4.69, 9.17) is 4.74 Å². The Bertz CT molecular complexity index is 887. The quantitative estimate of drug-likeness (QED) is 0.742. The lowest BCUT2D eigenvalue weighted by Gasteiger charge is -2.29. The fourth-order valence-corrected chi connectivity index (χ4v) is 3.74. The second-order valence-corrected chi connectivity index (χ2v) is 6.25. The van der Waals surface area contributed by atoms with Crippen molar-refractivity contribution in [1.29, 1.82) is 0 Å². The Kier molecular flexibility index (Phi) is 2.83. The molecule has 0 saturated heterocycles. The van der Waals surface area contributed by atoms with Gasteiger partial charge in [0.05, 0.1) is 17.8 Å². The van der Waals surface area contributed by atoms with Gasteiger partial charge in [-0.2, -0.15) is 13.2 Å². The number of rotatable bonds is 0. The molecule has 0 bridgehead atoms. The first kappa shape index (κ1) is 15.0. The van der Waals surface area contributed by atoms with Gasteiger partial charge in [-0.15, -0.1) is 0 Å². The van der Waals surface area contributed by atoms with Crippen molar-refractivity contribution < 1.29 is 27.5 Å². The minimum absolute atomic E-state index is 0.0769. The van der Waals surface area contributed by atoms with Gasteiger partial charge in [0.25, 0.3) is 0 Å². The third-order valence-corrected chi connectivity index (χ3v) is 4.63. The fourth-order valence-electron chi connectivity index (χ4n) is 3.74. The number of fused-ring (bicyclic) bond motifs is 3. The molecule has 1 aromatic carbocycles. The molecule has 5 nitrogen and oxygen atoms in total. The van der Waals surface area contributed by atoms with Crippen molar-refractivity contribution in [2.45, 2.75) is 25.1 Å². The number of hydrogen-bond acceptors (Lipinski definition) is 3. The molecule has 0 fully saturated rings. The first-order chi connectivity index (χ1) is 11.2. The lowest BCUT2D eigenvalue weighted by atomic mass is 9.97. The molecule has 1 amide bonds. The maximum absolute atomic E-state index is 12.8. The molecule has 3 heterocycles. The van der Waals surface area contributed by atoms with Crippen LogP contribution in [-0.4, -0.2) is 40.7 Å². The molecule has 0 radical (unpaired) electrons. The topological polar surface area (TPSA) is 51.5 Å². The maximum Gasteiger partial charge on any atom is 0.471 e. The van der Waals surface area contributed by atoms with Crippen LogP contribution in [0.4, 0.5) is 18.0 Å². The smallest absolute Gasteiger partial charge is 0.434 e. The predicted octanol–water partition coefficient (Wildman–Crippen LogP) is 2.80. The van der Waals surface area contributed by atoms with Crippen LogP contribution >= 0.6 is 0 Å². The number of aromatic nitrogens is 1. The van der Waals surface area contributed by atoms with Crippen LogP contribution in [0.2, 0.25) is 0 Å². The summed E-state index contributed by atoms with van der Waals surface area (Å²) in [5.41, 5.74) is 0.692. The number of ether oxygens (including phenoxy) is 1. The summed E-state index contributed by atoms with van der Waals surface area (Å²) in [6.07, 6.45) is -5.35. The molecule has 1 atom stereocenters. The van der Waals surface area contributed by atoms with Crippen LogP contribution in [0.1, 0.15) is 18.2 Å². The highest BCUT2D eigenvalue weighted by Crippen LogP contribution is 2.43. The van der Waals surface area contributed by atoms with Gasteiger partial charge in [0.2, 0.25) is 0 Å². The molecule has 2 aliphatic heterocycles. The SMILES string of the molecule is C[C@]12CN(C(=O)C(F)(F)F)CCc3c1n(c1ccccc31)C(=O)O2. The van der Waals surface area contributed by atoms with E-state index in [1.165, 1.54) is 4.57 Å². The van der Waals surface area contributed by atoms with Gasteiger partial charge in [-0.1, -0.05) is 18.2 Å². The van der Waals surface area contributed by atoms with Crippen LogP contribution in [-0.2, 0) is 21.6 Å². The molecule has 2 aliphatic rings. The van der Waals surface area contributed by atoms with Crippen molar-refractivity contribution in [2.75, 3.05) is 13.1 Å². The molecular weight excluding hydrogens is 325 g/mol. The van der Waals surface area contributed by atoms with Gasteiger partial charge in [0, 0.05) is 11.9 Å².